The highest BCUT2D eigenvalue weighted by atomic mass is 19.2. The fourth-order valence-electron chi connectivity index (χ4n) is 7.52. The average Bonchev–Trinajstić information content (AvgIpc) is 2.94. The van der Waals surface area contributed by atoms with Gasteiger partial charge in [-0.05, 0) is 92.9 Å². The molecule has 3 aliphatic rings. The summed E-state index contributed by atoms with van der Waals surface area (Å²) in [6, 6.07) is 3.63. The predicted molar refractivity (Wildman–Crippen MR) is 155 cm³/mol. The van der Waals surface area contributed by atoms with Gasteiger partial charge in [-0.3, -0.25) is 0 Å². The fraction of sp³-hybridized carbons (Fsp3) is 0.714. The zero-order valence-electron chi connectivity index (χ0n) is 23.7. The Balaban J connectivity index is 1.25. The van der Waals surface area contributed by atoms with E-state index in [1.54, 1.807) is 6.07 Å². The second kappa shape index (κ2) is 14.6. The van der Waals surface area contributed by atoms with Crippen LogP contribution < -0.4 is 0 Å². The third kappa shape index (κ3) is 8.03. The monoisotopic (exact) mass is 510 g/mol. The summed E-state index contributed by atoms with van der Waals surface area (Å²) in [7, 11) is 0. The first-order valence-corrected chi connectivity index (χ1v) is 15.9. The molecule has 0 bridgehead atoms. The van der Waals surface area contributed by atoms with Crippen LogP contribution in [-0.2, 0) is 0 Å². The van der Waals surface area contributed by atoms with Crippen LogP contribution in [0.15, 0.2) is 30.4 Å². The van der Waals surface area contributed by atoms with E-state index in [2.05, 4.69) is 32.1 Å². The van der Waals surface area contributed by atoms with Crippen molar-refractivity contribution in [3.05, 3.63) is 53.1 Å². The van der Waals surface area contributed by atoms with Crippen LogP contribution in [0.4, 0.5) is 8.78 Å². The molecule has 0 nitrogen and oxygen atoms in total. The minimum absolute atomic E-state index is 0.00643. The largest absolute Gasteiger partial charge is 0.203 e. The molecule has 2 saturated carbocycles. The molecule has 0 aliphatic heterocycles. The van der Waals surface area contributed by atoms with Crippen molar-refractivity contribution in [3.63, 3.8) is 0 Å². The van der Waals surface area contributed by atoms with Crippen molar-refractivity contribution in [2.45, 2.75) is 129 Å². The van der Waals surface area contributed by atoms with E-state index in [9.17, 15) is 0 Å². The van der Waals surface area contributed by atoms with Crippen molar-refractivity contribution in [1.82, 2.24) is 0 Å². The van der Waals surface area contributed by atoms with Gasteiger partial charge in [-0.2, -0.15) is 0 Å². The lowest BCUT2D eigenvalue weighted by Crippen LogP contribution is -2.25. The van der Waals surface area contributed by atoms with Gasteiger partial charge in [0, 0.05) is 11.5 Å². The van der Waals surface area contributed by atoms with E-state index in [-0.39, 0.29) is 5.92 Å². The summed E-state index contributed by atoms with van der Waals surface area (Å²) < 4.78 is 30.1. The van der Waals surface area contributed by atoms with Crippen molar-refractivity contribution in [1.29, 1.82) is 0 Å². The van der Waals surface area contributed by atoms with Gasteiger partial charge in [0.2, 0.25) is 0 Å². The van der Waals surface area contributed by atoms with E-state index >= 15 is 8.78 Å². The number of benzene rings is 1. The number of allylic oxidation sites excluding steroid dienone is 3. The standard InChI is InChI=1S/C35H52F2/c1-3-5-7-9-27-14-21-31(22-15-27)33-25-24-32(34(36)35(33)37)23-16-28-12-19-30(20-13-28)29-17-10-26(11-18-29)8-6-4-2/h14,16,21,23-31H,3-13,15,17-20,22H2,1-2H3. The van der Waals surface area contributed by atoms with Crippen LogP contribution in [0.5, 0.6) is 0 Å². The Kier molecular flexibility index (Phi) is 11.3. The Hall–Kier alpha value is -1.44. The molecule has 3 aliphatic carbocycles. The molecular weight excluding hydrogens is 458 g/mol. The molecule has 2 fully saturated rings. The van der Waals surface area contributed by atoms with Crippen LogP contribution in [-0.4, -0.2) is 0 Å². The summed E-state index contributed by atoms with van der Waals surface area (Å²) in [6.45, 7) is 4.53. The molecule has 37 heavy (non-hydrogen) atoms. The van der Waals surface area contributed by atoms with Crippen molar-refractivity contribution in [2.24, 2.45) is 29.6 Å². The van der Waals surface area contributed by atoms with Gasteiger partial charge < -0.3 is 0 Å². The molecule has 0 amide bonds. The number of halogens is 2. The maximum absolute atomic E-state index is 15.1. The molecule has 1 aromatic carbocycles. The van der Waals surface area contributed by atoms with Crippen LogP contribution in [0, 0.1) is 41.2 Å². The van der Waals surface area contributed by atoms with Gasteiger partial charge in [-0.1, -0.05) is 102 Å². The van der Waals surface area contributed by atoms with Crippen LogP contribution in [0.2, 0.25) is 0 Å². The van der Waals surface area contributed by atoms with E-state index in [0.29, 0.717) is 23.0 Å². The average molecular weight is 511 g/mol. The van der Waals surface area contributed by atoms with Gasteiger partial charge >= 0.3 is 0 Å². The Morgan fingerprint density at radius 1 is 0.703 bits per heavy atom. The van der Waals surface area contributed by atoms with Crippen LogP contribution in [0.1, 0.15) is 140 Å². The maximum atomic E-state index is 15.1. The summed E-state index contributed by atoms with van der Waals surface area (Å²) >= 11 is 0. The topological polar surface area (TPSA) is 0 Å². The zero-order chi connectivity index (χ0) is 26.0. The SMILES string of the molecule is CCCCCC1C=CC(c2ccc(C=CC3CCC(C4CCC(CCCC)CC4)CC3)c(F)c2F)CC1. The Labute approximate surface area is 226 Å². The van der Waals surface area contributed by atoms with Gasteiger partial charge in [0.05, 0.1) is 0 Å². The number of unbranched alkanes of at least 4 members (excludes halogenated alkanes) is 3. The van der Waals surface area contributed by atoms with E-state index in [1.807, 2.05) is 12.1 Å². The molecule has 2 atom stereocenters. The lowest BCUT2D eigenvalue weighted by atomic mass is 9.68. The van der Waals surface area contributed by atoms with Crippen LogP contribution >= 0.6 is 0 Å². The first-order chi connectivity index (χ1) is 18.1. The first kappa shape index (κ1) is 28.6. The lowest BCUT2D eigenvalue weighted by Gasteiger charge is -2.37. The van der Waals surface area contributed by atoms with Gasteiger partial charge in [-0.25, -0.2) is 8.78 Å². The summed E-state index contributed by atoms with van der Waals surface area (Å²) in [6.07, 6.45) is 30.4. The summed E-state index contributed by atoms with van der Waals surface area (Å²) in [5, 5.41) is 0. The van der Waals surface area contributed by atoms with Crippen molar-refractivity contribution < 1.29 is 8.78 Å². The van der Waals surface area contributed by atoms with Crippen molar-refractivity contribution >= 4 is 6.08 Å². The number of hydrogen-bond donors (Lipinski definition) is 0. The molecule has 2 unspecified atom stereocenters. The van der Waals surface area contributed by atoms with E-state index in [4.69, 9.17) is 0 Å². The zero-order valence-corrected chi connectivity index (χ0v) is 23.7. The van der Waals surface area contributed by atoms with Gasteiger partial charge in [-0.15, -0.1) is 0 Å². The third-order valence-electron chi connectivity index (χ3n) is 10.1. The van der Waals surface area contributed by atoms with Gasteiger partial charge in [0.1, 0.15) is 0 Å². The first-order valence-electron chi connectivity index (χ1n) is 15.9. The predicted octanol–water partition coefficient (Wildman–Crippen LogP) is 11.4. The molecule has 0 radical (unpaired) electrons. The van der Waals surface area contributed by atoms with E-state index in [0.717, 1.165) is 30.6 Å². The Morgan fingerprint density at radius 2 is 1.41 bits per heavy atom. The normalized spacial score (nSPS) is 30.7. The van der Waals surface area contributed by atoms with Crippen molar-refractivity contribution in [3.8, 4) is 0 Å². The maximum Gasteiger partial charge on any atom is 0.166 e. The smallest absolute Gasteiger partial charge is 0.166 e. The van der Waals surface area contributed by atoms with Crippen molar-refractivity contribution in [2.75, 3.05) is 0 Å². The molecule has 206 valence electrons. The lowest BCUT2D eigenvalue weighted by molar-refractivity contribution is 0.152. The molecule has 2 heteroatoms. The number of hydrogen-bond acceptors (Lipinski definition) is 0. The Morgan fingerprint density at radius 3 is 2.05 bits per heavy atom. The number of rotatable bonds is 11. The second-order valence-electron chi connectivity index (χ2n) is 12.7. The molecule has 0 saturated heterocycles. The minimum Gasteiger partial charge on any atom is -0.203 e. The molecular formula is C35H52F2. The van der Waals surface area contributed by atoms with E-state index in [1.165, 1.54) is 96.3 Å². The highest BCUT2D eigenvalue weighted by Gasteiger charge is 2.30. The second-order valence-corrected chi connectivity index (χ2v) is 12.7. The minimum atomic E-state index is -0.666. The molecule has 0 heterocycles. The van der Waals surface area contributed by atoms with E-state index < -0.39 is 11.6 Å². The summed E-state index contributed by atoms with van der Waals surface area (Å²) in [5.41, 5.74) is 0.939. The third-order valence-corrected chi connectivity index (χ3v) is 10.1. The molecule has 0 aromatic heterocycles. The van der Waals surface area contributed by atoms with Crippen LogP contribution in [0.25, 0.3) is 6.08 Å². The highest BCUT2D eigenvalue weighted by molar-refractivity contribution is 5.52. The fourth-order valence-corrected chi connectivity index (χ4v) is 7.52. The molecule has 4 rings (SSSR count). The molecule has 1 aromatic rings. The Bertz CT molecular complexity index is 867. The summed E-state index contributed by atoms with van der Waals surface area (Å²) in [4.78, 5) is 0. The van der Waals surface area contributed by atoms with Gasteiger partial charge in [0.25, 0.3) is 0 Å². The molecule has 0 N–H and O–H groups in total. The molecule has 0 spiro atoms. The van der Waals surface area contributed by atoms with Gasteiger partial charge in [0.15, 0.2) is 11.6 Å². The quantitative estimate of drug-likeness (QED) is 0.205. The summed E-state index contributed by atoms with van der Waals surface area (Å²) in [5.74, 6) is 2.62. The highest BCUT2D eigenvalue weighted by Crippen LogP contribution is 2.43. The van der Waals surface area contributed by atoms with Crippen LogP contribution in [0.3, 0.4) is 0 Å².